The Morgan fingerprint density at radius 3 is 2.54 bits per heavy atom. The second-order valence-corrected chi connectivity index (χ2v) is 7.68. The van der Waals surface area contributed by atoms with Crippen molar-refractivity contribution in [3.8, 4) is 0 Å². The third-order valence-corrected chi connectivity index (χ3v) is 5.82. The molecule has 3 rings (SSSR count). The van der Waals surface area contributed by atoms with Gasteiger partial charge in [0.2, 0.25) is 11.8 Å². The summed E-state index contributed by atoms with van der Waals surface area (Å²) in [6.45, 7) is 7.54. The molecule has 0 radical (unpaired) electrons. The van der Waals surface area contributed by atoms with Gasteiger partial charge in [0.15, 0.2) is 0 Å². The van der Waals surface area contributed by atoms with Crippen LogP contribution in [0.5, 0.6) is 0 Å². The lowest BCUT2D eigenvalue weighted by atomic mass is 9.88. The number of nitrogens with one attached hydrogen (secondary N) is 1. The van der Waals surface area contributed by atoms with Crippen molar-refractivity contribution in [2.24, 2.45) is 5.92 Å². The molecule has 0 saturated heterocycles. The highest BCUT2D eigenvalue weighted by Crippen LogP contribution is 2.26. The molecule has 1 aliphatic carbocycles. The van der Waals surface area contributed by atoms with E-state index in [0.717, 1.165) is 42.5 Å². The number of hydrogen-bond acceptors (Lipinski definition) is 3. The number of carbonyl (C=O) groups excluding carboxylic acids is 2. The highest BCUT2D eigenvalue weighted by atomic mass is 16.2. The summed E-state index contributed by atoms with van der Waals surface area (Å²) in [6.07, 6.45) is 5.42. The van der Waals surface area contributed by atoms with Crippen LogP contribution >= 0.6 is 0 Å². The molecule has 1 unspecified atom stereocenters. The number of rotatable bonds is 7. The van der Waals surface area contributed by atoms with Crippen LogP contribution in [0.3, 0.4) is 0 Å². The second kappa shape index (κ2) is 9.22. The number of likely N-dealkylation sites (N-methyl/N-ethyl adjacent to an activating group) is 1. The number of fused-ring (bicyclic) bond motifs is 1. The van der Waals surface area contributed by atoms with Gasteiger partial charge in [-0.05, 0) is 45.7 Å². The SMILES string of the molecule is CCN(CC)C(=O)Cn1c(C(C)NC(=O)C2CCCCC2)nc2ccccc21. The summed E-state index contributed by atoms with van der Waals surface area (Å²) in [7, 11) is 0. The van der Waals surface area contributed by atoms with E-state index < -0.39 is 0 Å². The summed E-state index contributed by atoms with van der Waals surface area (Å²) < 4.78 is 1.96. The van der Waals surface area contributed by atoms with Crippen LogP contribution in [-0.2, 0) is 16.1 Å². The van der Waals surface area contributed by atoms with Gasteiger partial charge in [-0.15, -0.1) is 0 Å². The van der Waals surface area contributed by atoms with Gasteiger partial charge < -0.3 is 14.8 Å². The van der Waals surface area contributed by atoms with Crippen molar-refractivity contribution in [1.82, 2.24) is 19.8 Å². The fraction of sp³-hybridized carbons (Fsp3) is 0.591. The zero-order valence-electron chi connectivity index (χ0n) is 17.3. The molecule has 0 bridgehead atoms. The van der Waals surface area contributed by atoms with Crippen LogP contribution in [0, 0.1) is 5.92 Å². The molecule has 1 N–H and O–H groups in total. The Hall–Kier alpha value is -2.37. The van der Waals surface area contributed by atoms with E-state index in [9.17, 15) is 9.59 Å². The van der Waals surface area contributed by atoms with E-state index in [2.05, 4.69) is 5.32 Å². The molecule has 6 heteroatoms. The van der Waals surface area contributed by atoms with Gasteiger partial charge in [-0.25, -0.2) is 4.98 Å². The molecule has 0 aliphatic heterocycles. The summed E-state index contributed by atoms with van der Waals surface area (Å²) in [5.41, 5.74) is 1.78. The number of carbonyl (C=O) groups is 2. The van der Waals surface area contributed by atoms with E-state index in [4.69, 9.17) is 4.98 Å². The molecule has 1 aromatic heterocycles. The van der Waals surface area contributed by atoms with Gasteiger partial charge in [-0.1, -0.05) is 31.4 Å². The van der Waals surface area contributed by atoms with Crippen molar-refractivity contribution in [1.29, 1.82) is 0 Å². The number of para-hydroxylation sites is 2. The van der Waals surface area contributed by atoms with Gasteiger partial charge in [0.25, 0.3) is 0 Å². The highest BCUT2D eigenvalue weighted by molar-refractivity contribution is 5.82. The fourth-order valence-electron chi connectivity index (χ4n) is 4.16. The molecule has 1 aromatic carbocycles. The van der Waals surface area contributed by atoms with Crippen LogP contribution in [0.4, 0.5) is 0 Å². The summed E-state index contributed by atoms with van der Waals surface area (Å²) in [5.74, 6) is 1.03. The molecule has 0 spiro atoms. The smallest absolute Gasteiger partial charge is 0.242 e. The number of hydrogen-bond donors (Lipinski definition) is 1. The summed E-state index contributed by atoms with van der Waals surface area (Å²) in [4.78, 5) is 32.0. The first-order chi connectivity index (χ1) is 13.5. The summed E-state index contributed by atoms with van der Waals surface area (Å²) in [6, 6.07) is 7.59. The predicted octanol–water partition coefficient (Wildman–Crippen LogP) is 3.66. The first kappa shape index (κ1) is 20.4. The van der Waals surface area contributed by atoms with Crippen molar-refractivity contribution in [3.05, 3.63) is 30.1 Å². The third kappa shape index (κ3) is 4.37. The molecular weight excluding hydrogens is 352 g/mol. The molecule has 152 valence electrons. The first-order valence-electron chi connectivity index (χ1n) is 10.6. The number of amides is 2. The molecule has 1 fully saturated rings. The van der Waals surface area contributed by atoms with Gasteiger partial charge in [0, 0.05) is 19.0 Å². The van der Waals surface area contributed by atoms with E-state index in [-0.39, 0.29) is 30.3 Å². The van der Waals surface area contributed by atoms with Crippen molar-refractivity contribution in [2.45, 2.75) is 65.5 Å². The molecule has 1 aliphatic rings. The minimum atomic E-state index is -0.244. The average molecular weight is 385 g/mol. The molecule has 2 aromatic rings. The van der Waals surface area contributed by atoms with Crippen molar-refractivity contribution < 1.29 is 9.59 Å². The van der Waals surface area contributed by atoms with Gasteiger partial charge in [0.05, 0.1) is 17.1 Å². The Morgan fingerprint density at radius 1 is 1.18 bits per heavy atom. The lowest BCUT2D eigenvalue weighted by molar-refractivity contribution is -0.131. The second-order valence-electron chi connectivity index (χ2n) is 7.68. The number of imidazole rings is 1. The maximum Gasteiger partial charge on any atom is 0.242 e. The molecular formula is C22H32N4O2. The van der Waals surface area contributed by atoms with E-state index in [1.807, 2.05) is 54.5 Å². The zero-order valence-corrected chi connectivity index (χ0v) is 17.3. The molecule has 28 heavy (non-hydrogen) atoms. The Labute approximate surface area is 167 Å². The molecule has 1 atom stereocenters. The van der Waals surface area contributed by atoms with Crippen LogP contribution in [-0.4, -0.2) is 39.4 Å². The average Bonchev–Trinajstić information content (AvgIpc) is 3.08. The lowest BCUT2D eigenvalue weighted by Crippen LogP contribution is -2.36. The van der Waals surface area contributed by atoms with Crippen molar-refractivity contribution >= 4 is 22.8 Å². The molecule has 2 amide bonds. The van der Waals surface area contributed by atoms with E-state index in [0.29, 0.717) is 13.1 Å². The number of benzene rings is 1. The lowest BCUT2D eigenvalue weighted by Gasteiger charge is -2.24. The van der Waals surface area contributed by atoms with E-state index in [1.54, 1.807) is 0 Å². The monoisotopic (exact) mass is 384 g/mol. The summed E-state index contributed by atoms with van der Waals surface area (Å²) >= 11 is 0. The standard InChI is InChI=1S/C22H32N4O2/c1-4-25(5-2)20(27)15-26-19-14-10-9-13-18(19)24-21(26)16(3)23-22(28)17-11-7-6-8-12-17/h9-10,13-14,16-17H,4-8,11-12,15H2,1-3H3,(H,23,28). The van der Waals surface area contributed by atoms with Crippen LogP contribution in [0.25, 0.3) is 11.0 Å². The maximum absolute atomic E-state index is 12.8. The molecule has 6 nitrogen and oxygen atoms in total. The largest absolute Gasteiger partial charge is 0.346 e. The van der Waals surface area contributed by atoms with Crippen LogP contribution in [0.2, 0.25) is 0 Å². The van der Waals surface area contributed by atoms with Crippen LogP contribution < -0.4 is 5.32 Å². The van der Waals surface area contributed by atoms with Crippen LogP contribution in [0.1, 0.15) is 64.7 Å². The van der Waals surface area contributed by atoms with Crippen molar-refractivity contribution in [2.75, 3.05) is 13.1 Å². The minimum Gasteiger partial charge on any atom is -0.346 e. The van der Waals surface area contributed by atoms with Crippen molar-refractivity contribution in [3.63, 3.8) is 0 Å². The number of aromatic nitrogens is 2. The molecule has 1 saturated carbocycles. The van der Waals surface area contributed by atoms with Gasteiger partial charge >= 0.3 is 0 Å². The number of nitrogens with zero attached hydrogens (tertiary/aromatic N) is 3. The third-order valence-electron chi connectivity index (χ3n) is 5.82. The summed E-state index contributed by atoms with van der Waals surface area (Å²) in [5, 5.41) is 3.15. The minimum absolute atomic E-state index is 0.0696. The zero-order chi connectivity index (χ0) is 20.1. The van der Waals surface area contributed by atoms with Gasteiger partial charge in [-0.3, -0.25) is 9.59 Å². The van der Waals surface area contributed by atoms with Gasteiger partial charge in [0.1, 0.15) is 12.4 Å². The predicted molar refractivity (Wildman–Crippen MR) is 111 cm³/mol. The normalized spacial score (nSPS) is 16.1. The van der Waals surface area contributed by atoms with Gasteiger partial charge in [-0.2, -0.15) is 0 Å². The quantitative estimate of drug-likeness (QED) is 0.792. The van der Waals surface area contributed by atoms with E-state index in [1.165, 1.54) is 6.42 Å². The Bertz CT molecular complexity index is 819. The first-order valence-corrected chi connectivity index (χ1v) is 10.6. The fourth-order valence-corrected chi connectivity index (χ4v) is 4.16. The maximum atomic E-state index is 12.8. The van der Waals surface area contributed by atoms with E-state index >= 15 is 0 Å². The molecule has 1 heterocycles. The Morgan fingerprint density at radius 2 is 1.86 bits per heavy atom. The Balaban J connectivity index is 1.84. The highest BCUT2D eigenvalue weighted by Gasteiger charge is 2.25. The topological polar surface area (TPSA) is 67.2 Å². The Kier molecular flexibility index (Phi) is 6.70. The van der Waals surface area contributed by atoms with Crippen LogP contribution in [0.15, 0.2) is 24.3 Å².